The molecule has 21 heavy (non-hydrogen) atoms. The van der Waals surface area contributed by atoms with Gasteiger partial charge < -0.3 is 10.2 Å². The second kappa shape index (κ2) is 6.46. The molecule has 4 nitrogen and oxygen atoms in total. The van der Waals surface area contributed by atoms with Gasteiger partial charge in [-0.15, -0.1) is 0 Å². The SMILES string of the molecule is C[C@@H]1CCC[C@@H](NC(=O)c2cccnc2N2CCCC2)C1. The minimum absolute atomic E-state index is 0.0455. The van der Waals surface area contributed by atoms with E-state index in [1.807, 2.05) is 12.1 Å². The molecule has 3 rings (SSSR count). The van der Waals surface area contributed by atoms with Crippen molar-refractivity contribution in [2.45, 2.75) is 51.5 Å². The zero-order valence-electron chi connectivity index (χ0n) is 12.8. The molecule has 2 heterocycles. The number of rotatable bonds is 3. The van der Waals surface area contributed by atoms with E-state index in [2.05, 4.69) is 22.1 Å². The second-order valence-corrected chi connectivity index (χ2v) is 6.51. The van der Waals surface area contributed by atoms with Crippen molar-refractivity contribution in [1.29, 1.82) is 0 Å². The summed E-state index contributed by atoms with van der Waals surface area (Å²) in [5, 5.41) is 3.22. The lowest BCUT2D eigenvalue weighted by Gasteiger charge is -2.28. The largest absolute Gasteiger partial charge is 0.356 e. The van der Waals surface area contributed by atoms with Gasteiger partial charge >= 0.3 is 0 Å². The number of pyridine rings is 1. The lowest BCUT2D eigenvalue weighted by Crippen LogP contribution is -2.38. The summed E-state index contributed by atoms with van der Waals surface area (Å²) in [6, 6.07) is 4.09. The lowest BCUT2D eigenvalue weighted by molar-refractivity contribution is 0.0921. The molecule has 1 aliphatic carbocycles. The van der Waals surface area contributed by atoms with Gasteiger partial charge in [0.05, 0.1) is 5.56 Å². The van der Waals surface area contributed by atoms with Crippen LogP contribution >= 0.6 is 0 Å². The zero-order valence-corrected chi connectivity index (χ0v) is 12.8. The first-order chi connectivity index (χ1) is 10.2. The van der Waals surface area contributed by atoms with E-state index < -0.39 is 0 Å². The van der Waals surface area contributed by atoms with Crippen LogP contribution in [-0.4, -0.2) is 30.0 Å². The van der Waals surface area contributed by atoms with Crippen LogP contribution in [0.25, 0.3) is 0 Å². The fraction of sp³-hybridized carbons (Fsp3) is 0.647. The third-order valence-electron chi connectivity index (χ3n) is 4.71. The quantitative estimate of drug-likeness (QED) is 0.929. The predicted molar refractivity (Wildman–Crippen MR) is 84.6 cm³/mol. The van der Waals surface area contributed by atoms with Crippen molar-refractivity contribution in [2.24, 2.45) is 5.92 Å². The van der Waals surface area contributed by atoms with Crippen molar-refractivity contribution in [3.05, 3.63) is 23.9 Å². The normalized spacial score (nSPS) is 25.9. The summed E-state index contributed by atoms with van der Waals surface area (Å²) in [5.74, 6) is 1.62. The first-order valence-electron chi connectivity index (χ1n) is 8.25. The number of hydrogen-bond acceptors (Lipinski definition) is 3. The van der Waals surface area contributed by atoms with Crippen LogP contribution in [0.2, 0.25) is 0 Å². The highest BCUT2D eigenvalue weighted by Crippen LogP contribution is 2.25. The predicted octanol–water partition coefficient (Wildman–Crippen LogP) is 2.99. The van der Waals surface area contributed by atoms with Crippen molar-refractivity contribution >= 4 is 11.7 Å². The van der Waals surface area contributed by atoms with Gasteiger partial charge in [-0.05, 0) is 43.7 Å². The number of nitrogens with zero attached hydrogens (tertiary/aromatic N) is 2. The number of nitrogens with one attached hydrogen (secondary N) is 1. The van der Waals surface area contributed by atoms with Gasteiger partial charge in [-0.3, -0.25) is 4.79 Å². The third-order valence-corrected chi connectivity index (χ3v) is 4.71. The maximum atomic E-state index is 12.6. The van der Waals surface area contributed by atoms with Crippen LogP contribution in [0, 0.1) is 5.92 Å². The number of hydrogen-bond donors (Lipinski definition) is 1. The average Bonchev–Trinajstić information content (AvgIpc) is 3.01. The molecular weight excluding hydrogens is 262 g/mol. The smallest absolute Gasteiger partial charge is 0.255 e. The number of carbonyl (C=O) groups excluding carboxylic acids is 1. The summed E-state index contributed by atoms with van der Waals surface area (Å²) in [5.41, 5.74) is 0.734. The maximum Gasteiger partial charge on any atom is 0.255 e. The van der Waals surface area contributed by atoms with Gasteiger partial charge in [-0.1, -0.05) is 19.8 Å². The summed E-state index contributed by atoms with van der Waals surface area (Å²) in [6.07, 6.45) is 8.89. The van der Waals surface area contributed by atoms with Gasteiger partial charge in [0.2, 0.25) is 0 Å². The van der Waals surface area contributed by atoms with Crippen molar-refractivity contribution in [2.75, 3.05) is 18.0 Å². The highest BCUT2D eigenvalue weighted by molar-refractivity contribution is 5.99. The molecule has 114 valence electrons. The molecule has 4 heteroatoms. The lowest BCUT2D eigenvalue weighted by atomic mass is 9.87. The molecular formula is C17H25N3O. The van der Waals surface area contributed by atoms with Gasteiger partial charge in [-0.2, -0.15) is 0 Å². The monoisotopic (exact) mass is 287 g/mol. The summed E-state index contributed by atoms with van der Waals surface area (Å²) >= 11 is 0. The van der Waals surface area contributed by atoms with Gasteiger partial charge in [0, 0.05) is 25.3 Å². The molecule has 1 N–H and O–H groups in total. The number of amides is 1. The first kappa shape index (κ1) is 14.4. The van der Waals surface area contributed by atoms with E-state index in [0.717, 1.165) is 43.2 Å². The van der Waals surface area contributed by atoms with E-state index >= 15 is 0 Å². The van der Waals surface area contributed by atoms with E-state index in [0.29, 0.717) is 6.04 Å². The van der Waals surface area contributed by atoms with Crippen molar-refractivity contribution < 1.29 is 4.79 Å². The molecule has 0 unspecified atom stereocenters. The van der Waals surface area contributed by atoms with Crippen LogP contribution in [-0.2, 0) is 0 Å². The Kier molecular flexibility index (Phi) is 4.42. The van der Waals surface area contributed by atoms with E-state index in [1.165, 1.54) is 25.7 Å². The van der Waals surface area contributed by atoms with Crippen LogP contribution in [0.4, 0.5) is 5.82 Å². The topological polar surface area (TPSA) is 45.2 Å². The van der Waals surface area contributed by atoms with Crippen molar-refractivity contribution in [3.63, 3.8) is 0 Å². The average molecular weight is 287 g/mol. The zero-order chi connectivity index (χ0) is 14.7. The summed E-state index contributed by atoms with van der Waals surface area (Å²) in [6.45, 7) is 4.30. The van der Waals surface area contributed by atoms with Gasteiger partial charge in [-0.25, -0.2) is 4.98 Å². The van der Waals surface area contributed by atoms with E-state index in [9.17, 15) is 4.79 Å². The fourth-order valence-corrected chi connectivity index (χ4v) is 3.58. The molecule has 1 saturated carbocycles. The second-order valence-electron chi connectivity index (χ2n) is 6.51. The molecule has 1 aromatic rings. The van der Waals surface area contributed by atoms with E-state index in [4.69, 9.17) is 0 Å². The van der Waals surface area contributed by atoms with Gasteiger partial charge in [0.15, 0.2) is 0 Å². The van der Waals surface area contributed by atoms with Crippen LogP contribution in [0.3, 0.4) is 0 Å². The Hall–Kier alpha value is -1.58. The van der Waals surface area contributed by atoms with Crippen molar-refractivity contribution in [1.82, 2.24) is 10.3 Å². The maximum absolute atomic E-state index is 12.6. The summed E-state index contributed by atoms with van der Waals surface area (Å²) < 4.78 is 0. The molecule has 2 atom stereocenters. The third kappa shape index (κ3) is 3.36. The highest BCUT2D eigenvalue weighted by Gasteiger charge is 2.24. The van der Waals surface area contributed by atoms with Crippen LogP contribution in [0.5, 0.6) is 0 Å². The molecule has 0 spiro atoms. The summed E-state index contributed by atoms with van der Waals surface area (Å²) in [7, 11) is 0. The Balaban J connectivity index is 1.72. The standard InChI is InChI=1S/C17H25N3O/c1-13-6-4-7-14(12-13)19-17(21)15-8-5-9-18-16(15)20-10-2-3-11-20/h5,8-9,13-14H,2-4,6-7,10-12H2,1H3,(H,19,21)/t13-,14-/m1/s1. The first-order valence-corrected chi connectivity index (χ1v) is 8.25. The molecule has 0 radical (unpaired) electrons. The Bertz CT molecular complexity index is 497. The van der Waals surface area contributed by atoms with Crippen molar-refractivity contribution in [3.8, 4) is 0 Å². The van der Waals surface area contributed by atoms with Crippen LogP contribution in [0.1, 0.15) is 55.8 Å². The highest BCUT2D eigenvalue weighted by atomic mass is 16.1. The molecule has 2 fully saturated rings. The molecule has 1 aliphatic heterocycles. The molecule has 2 aliphatic rings. The fourth-order valence-electron chi connectivity index (χ4n) is 3.58. The van der Waals surface area contributed by atoms with Gasteiger partial charge in [0.1, 0.15) is 5.82 Å². The Morgan fingerprint density at radius 1 is 1.29 bits per heavy atom. The van der Waals surface area contributed by atoms with E-state index in [-0.39, 0.29) is 5.91 Å². The number of aromatic nitrogens is 1. The number of carbonyl (C=O) groups is 1. The minimum Gasteiger partial charge on any atom is -0.356 e. The van der Waals surface area contributed by atoms with Crippen LogP contribution < -0.4 is 10.2 Å². The molecule has 1 amide bonds. The Morgan fingerprint density at radius 3 is 2.86 bits per heavy atom. The van der Waals surface area contributed by atoms with Gasteiger partial charge in [0.25, 0.3) is 5.91 Å². The molecule has 0 bridgehead atoms. The molecule has 1 aromatic heterocycles. The summed E-state index contributed by atoms with van der Waals surface area (Å²) in [4.78, 5) is 19.3. The molecule has 0 aromatic carbocycles. The van der Waals surface area contributed by atoms with E-state index in [1.54, 1.807) is 6.20 Å². The Labute approximate surface area is 126 Å². The van der Waals surface area contributed by atoms with Crippen LogP contribution in [0.15, 0.2) is 18.3 Å². The Morgan fingerprint density at radius 2 is 2.10 bits per heavy atom. The molecule has 1 saturated heterocycles. The minimum atomic E-state index is 0.0455. The number of anilines is 1.